The molecule has 1 amide bonds. The molecular weight excluding hydrogens is 1100 g/mol. The Morgan fingerprint density at radius 1 is 0.455 bits per heavy atom. The number of aliphatic hydroxyl groups is 5. The van der Waals surface area contributed by atoms with Gasteiger partial charge >= 0.3 is 5.97 Å². The summed E-state index contributed by atoms with van der Waals surface area (Å²) in [5, 5.41) is 57.3. The second-order valence-corrected chi connectivity index (χ2v) is 24.2. The normalized spacial score (nSPS) is 18.9. The Balaban J connectivity index is 2.60. The number of rotatable bonds is 60. The molecule has 0 aliphatic carbocycles. The summed E-state index contributed by atoms with van der Waals surface area (Å²) >= 11 is 0. The van der Waals surface area contributed by atoms with Gasteiger partial charge < -0.3 is 45.1 Å². The van der Waals surface area contributed by atoms with Crippen LogP contribution in [0.4, 0.5) is 0 Å². The number of esters is 1. The molecule has 0 radical (unpaired) electrons. The van der Waals surface area contributed by atoms with E-state index < -0.39 is 67.4 Å². The summed E-state index contributed by atoms with van der Waals surface area (Å²) in [4.78, 5) is 26.7. The Hall–Kier alpha value is -3.94. The van der Waals surface area contributed by atoms with Gasteiger partial charge in [0.1, 0.15) is 24.4 Å². The third-order valence-electron chi connectivity index (χ3n) is 16.1. The largest absolute Gasteiger partial charge is 0.454 e. The van der Waals surface area contributed by atoms with Gasteiger partial charge in [0.25, 0.3) is 0 Å². The molecule has 1 rings (SSSR count). The van der Waals surface area contributed by atoms with Crippen LogP contribution in [-0.2, 0) is 23.8 Å². The van der Waals surface area contributed by atoms with E-state index in [9.17, 15) is 35.1 Å². The van der Waals surface area contributed by atoms with Crippen LogP contribution in [0.1, 0.15) is 290 Å². The average molecular weight is 1230 g/mol. The molecule has 1 heterocycles. The van der Waals surface area contributed by atoms with Gasteiger partial charge in [0.15, 0.2) is 12.4 Å². The second-order valence-electron chi connectivity index (χ2n) is 24.2. The summed E-state index contributed by atoms with van der Waals surface area (Å²) in [5.41, 5.74) is 0. The van der Waals surface area contributed by atoms with E-state index in [1.54, 1.807) is 6.08 Å². The molecule has 0 aromatic carbocycles. The molecule has 504 valence electrons. The SMILES string of the molecule is CC/C=C\C/C=C\C/C=C\C/C=C\C/C=C\CCCCCCCCCCCC(=O)OC1C(OCC(NC(=O)C(O)CCCCCCCC/C=C\C/C=C\C/C=C\C/C=C\CCCCC)C(O)/C=C/CCCCCCCCCCCC)OC(CO)C(O)C1O. The highest BCUT2D eigenvalue weighted by Crippen LogP contribution is 2.26. The van der Waals surface area contributed by atoms with Crippen molar-refractivity contribution in [1.82, 2.24) is 5.32 Å². The van der Waals surface area contributed by atoms with Gasteiger partial charge in [0.2, 0.25) is 5.91 Å². The first-order chi connectivity index (χ1) is 43.2. The molecule has 0 bridgehead atoms. The van der Waals surface area contributed by atoms with Crippen molar-refractivity contribution in [2.75, 3.05) is 13.2 Å². The van der Waals surface area contributed by atoms with Crippen molar-refractivity contribution in [3.8, 4) is 0 Å². The minimum absolute atomic E-state index is 0.108. The second kappa shape index (κ2) is 63.2. The van der Waals surface area contributed by atoms with Crippen LogP contribution in [0, 0.1) is 0 Å². The zero-order chi connectivity index (χ0) is 63.9. The van der Waals surface area contributed by atoms with Gasteiger partial charge in [-0.2, -0.15) is 0 Å². The Kier molecular flexibility index (Phi) is 59.0. The lowest BCUT2D eigenvalue weighted by Crippen LogP contribution is -2.61. The molecule has 1 aliphatic rings. The standard InChI is InChI=1S/C77H131NO10/c1-4-7-10-13-16-19-22-25-27-29-31-33-35-36-37-39-41-43-45-47-50-53-56-59-62-65-72(82)88-75-74(84)73(83)71(66-79)87-77(75)86-67-68(69(80)63-60-57-54-51-48-24-21-18-15-12-9-6-3)78-76(85)70(81)64-61-58-55-52-49-46-44-42-40-38-34-32-30-28-26-23-20-17-14-11-8-5-2/h7,10,16-17,19-20,25-28,31-34,36-37,40,42,60,63,68-71,73-75,77,79-81,83-84H,4-6,8-9,11-15,18,21-24,29-30,35,38-39,41,43-59,61-62,64-67H2,1-3H3,(H,78,85)/b10-7-,19-16-,20-17-,27-25-,28-26-,33-31-,34-32-,37-36-,42-40-,63-60+. The first-order valence-electron chi connectivity index (χ1n) is 35.8. The van der Waals surface area contributed by atoms with Gasteiger partial charge in [-0.25, -0.2) is 0 Å². The van der Waals surface area contributed by atoms with Crippen LogP contribution in [0.25, 0.3) is 0 Å². The highest BCUT2D eigenvalue weighted by molar-refractivity contribution is 5.80. The Morgan fingerprint density at radius 2 is 0.818 bits per heavy atom. The zero-order valence-electron chi connectivity index (χ0n) is 56.1. The number of aliphatic hydroxyl groups excluding tert-OH is 5. The molecule has 1 saturated heterocycles. The Bertz CT molecular complexity index is 1900. The van der Waals surface area contributed by atoms with Crippen molar-refractivity contribution >= 4 is 11.9 Å². The summed E-state index contributed by atoms with van der Waals surface area (Å²) in [5.74, 6) is -1.22. The van der Waals surface area contributed by atoms with E-state index in [0.29, 0.717) is 12.8 Å². The first kappa shape index (κ1) is 82.1. The zero-order valence-corrected chi connectivity index (χ0v) is 56.1. The first-order valence-corrected chi connectivity index (χ1v) is 35.8. The Morgan fingerprint density at radius 3 is 1.25 bits per heavy atom. The van der Waals surface area contributed by atoms with E-state index in [1.165, 1.54) is 103 Å². The van der Waals surface area contributed by atoms with Crippen LogP contribution < -0.4 is 5.32 Å². The highest BCUT2D eigenvalue weighted by atomic mass is 16.7. The number of hydrogen-bond donors (Lipinski definition) is 6. The van der Waals surface area contributed by atoms with Crippen LogP contribution in [0.5, 0.6) is 0 Å². The third kappa shape index (κ3) is 49.8. The van der Waals surface area contributed by atoms with Crippen LogP contribution in [0.15, 0.2) is 122 Å². The number of carbonyl (C=O) groups excluding carboxylic acids is 2. The number of nitrogens with one attached hydrogen (secondary N) is 1. The van der Waals surface area contributed by atoms with Gasteiger partial charge in [-0.3, -0.25) is 9.59 Å². The summed E-state index contributed by atoms with van der Waals surface area (Å²) in [6, 6.07) is -1.04. The molecule has 11 heteroatoms. The summed E-state index contributed by atoms with van der Waals surface area (Å²) < 4.78 is 17.7. The lowest BCUT2D eigenvalue weighted by Gasteiger charge is -2.41. The fourth-order valence-corrected chi connectivity index (χ4v) is 10.5. The number of hydrogen-bond acceptors (Lipinski definition) is 10. The van der Waals surface area contributed by atoms with E-state index in [4.69, 9.17) is 14.2 Å². The predicted molar refractivity (Wildman–Crippen MR) is 370 cm³/mol. The van der Waals surface area contributed by atoms with Gasteiger partial charge in [0.05, 0.1) is 25.4 Å². The van der Waals surface area contributed by atoms with Crippen molar-refractivity contribution in [2.45, 2.75) is 339 Å². The molecule has 11 nitrogen and oxygen atoms in total. The number of amides is 1. The minimum Gasteiger partial charge on any atom is -0.454 e. The number of allylic oxidation sites excluding steroid dienone is 19. The van der Waals surface area contributed by atoms with E-state index >= 15 is 0 Å². The molecule has 1 fully saturated rings. The van der Waals surface area contributed by atoms with Crippen LogP contribution >= 0.6 is 0 Å². The molecule has 0 spiro atoms. The van der Waals surface area contributed by atoms with Gasteiger partial charge in [0, 0.05) is 6.42 Å². The molecule has 1 aliphatic heterocycles. The predicted octanol–water partition coefficient (Wildman–Crippen LogP) is 18.6. The molecule has 88 heavy (non-hydrogen) atoms. The summed E-state index contributed by atoms with van der Waals surface area (Å²) in [6.45, 7) is 5.65. The fourth-order valence-electron chi connectivity index (χ4n) is 10.5. The molecule has 6 N–H and O–H groups in total. The maximum Gasteiger partial charge on any atom is 0.306 e. The topological polar surface area (TPSA) is 175 Å². The van der Waals surface area contributed by atoms with Gasteiger partial charge in [-0.1, -0.05) is 290 Å². The lowest BCUT2D eigenvalue weighted by atomic mass is 9.99. The van der Waals surface area contributed by atoms with Crippen molar-refractivity contribution in [1.29, 1.82) is 0 Å². The van der Waals surface area contributed by atoms with E-state index in [0.717, 1.165) is 141 Å². The molecule has 0 saturated carbocycles. The maximum absolute atomic E-state index is 13.5. The van der Waals surface area contributed by atoms with Crippen LogP contribution in [0.3, 0.4) is 0 Å². The number of carbonyl (C=O) groups is 2. The number of unbranched alkanes of at least 4 members (excludes halogenated alkanes) is 28. The van der Waals surface area contributed by atoms with Gasteiger partial charge in [-0.15, -0.1) is 0 Å². The quantitative estimate of drug-likeness (QED) is 0.0195. The van der Waals surface area contributed by atoms with E-state index in [1.807, 2.05) is 6.08 Å². The molecule has 0 aromatic heterocycles. The van der Waals surface area contributed by atoms with Gasteiger partial charge in [-0.05, 0) is 116 Å². The smallest absolute Gasteiger partial charge is 0.306 e. The van der Waals surface area contributed by atoms with Crippen molar-refractivity contribution < 1.29 is 49.3 Å². The fraction of sp³-hybridized carbons (Fsp3) is 0.714. The molecular formula is C77H131NO10. The maximum atomic E-state index is 13.5. The van der Waals surface area contributed by atoms with Crippen molar-refractivity contribution in [3.63, 3.8) is 0 Å². The summed E-state index contributed by atoms with van der Waals surface area (Å²) in [6.07, 6.45) is 78.0. The van der Waals surface area contributed by atoms with Crippen molar-refractivity contribution in [2.24, 2.45) is 0 Å². The average Bonchev–Trinajstić information content (AvgIpc) is 2.54. The number of ether oxygens (including phenoxy) is 3. The third-order valence-corrected chi connectivity index (χ3v) is 16.1. The summed E-state index contributed by atoms with van der Waals surface area (Å²) in [7, 11) is 0. The minimum atomic E-state index is -1.63. The monoisotopic (exact) mass is 1230 g/mol. The molecule has 8 atom stereocenters. The van der Waals surface area contributed by atoms with E-state index in [2.05, 4.69) is 135 Å². The highest BCUT2D eigenvalue weighted by Gasteiger charge is 2.47. The molecule has 8 unspecified atom stereocenters. The van der Waals surface area contributed by atoms with Crippen LogP contribution in [0.2, 0.25) is 0 Å². The lowest BCUT2D eigenvalue weighted by molar-refractivity contribution is -0.305. The van der Waals surface area contributed by atoms with Crippen molar-refractivity contribution in [3.05, 3.63) is 122 Å². The van der Waals surface area contributed by atoms with Crippen LogP contribution in [-0.4, -0.2) is 99.6 Å². The Labute approximate surface area is 538 Å². The molecule has 0 aromatic rings. The van der Waals surface area contributed by atoms with E-state index in [-0.39, 0.29) is 19.4 Å².